The summed E-state index contributed by atoms with van der Waals surface area (Å²) in [5.41, 5.74) is 15.0. The van der Waals surface area contributed by atoms with E-state index in [9.17, 15) is 0 Å². The zero-order valence-electron chi connectivity index (χ0n) is 23.4. The summed E-state index contributed by atoms with van der Waals surface area (Å²) >= 11 is 0. The molecule has 0 radical (unpaired) electrons. The third-order valence-corrected chi connectivity index (χ3v) is 7.81. The summed E-state index contributed by atoms with van der Waals surface area (Å²) in [6.07, 6.45) is 15.6. The number of hydrogen-bond acceptors (Lipinski definition) is 4. The molecule has 43 heavy (non-hydrogen) atoms. The van der Waals surface area contributed by atoms with E-state index < -0.39 is 0 Å². The van der Waals surface area contributed by atoms with E-state index in [1.165, 1.54) is 5.56 Å². The number of aromatic nitrogens is 6. The van der Waals surface area contributed by atoms with E-state index in [2.05, 4.69) is 106 Å². The van der Waals surface area contributed by atoms with Crippen molar-refractivity contribution in [1.82, 2.24) is 29.9 Å². The SMILES string of the molecule is Cc1ccc(-c2cc3cc4nc(c(-c5ccncc5)c5ccc(cc6nc(c(-c7ccncc7)c2[nH]3)C=C6)[nH]5)C=C4)cc1. The molecule has 8 bridgehead atoms. The Labute approximate surface area is 248 Å². The van der Waals surface area contributed by atoms with Crippen molar-refractivity contribution in [3.8, 4) is 33.4 Å². The Balaban J connectivity index is 1.51. The third kappa shape index (κ3) is 4.65. The zero-order valence-corrected chi connectivity index (χ0v) is 23.4. The second-order valence-electron chi connectivity index (χ2n) is 10.7. The third-order valence-electron chi connectivity index (χ3n) is 7.81. The van der Waals surface area contributed by atoms with Gasteiger partial charge in [0.15, 0.2) is 0 Å². The molecule has 5 aromatic heterocycles. The molecular formula is C37H26N6. The summed E-state index contributed by atoms with van der Waals surface area (Å²) < 4.78 is 0. The molecule has 0 unspecified atom stereocenters. The summed E-state index contributed by atoms with van der Waals surface area (Å²) in [4.78, 5) is 26.0. The van der Waals surface area contributed by atoms with E-state index in [0.29, 0.717) is 0 Å². The molecule has 6 nitrogen and oxygen atoms in total. The molecule has 2 aliphatic heterocycles. The number of nitrogens with one attached hydrogen (secondary N) is 2. The van der Waals surface area contributed by atoms with E-state index >= 15 is 0 Å². The normalized spacial score (nSPS) is 12.1. The van der Waals surface area contributed by atoms with Crippen LogP contribution in [0.1, 0.15) is 28.3 Å². The molecular weight excluding hydrogens is 528 g/mol. The van der Waals surface area contributed by atoms with Crippen LogP contribution in [-0.4, -0.2) is 29.9 Å². The van der Waals surface area contributed by atoms with Gasteiger partial charge >= 0.3 is 0 Å². The fourth-order valence-electron chi connectivity index (χ4n) is 5.77. The summed E-state index contributed by atoms with van der Waals surface area (Å²) in [5.74, 6) is 0. The first-order chi connectivity index (χ1) is 21.2. The fraction of sp³-hybridized carbons (Fsp3) is 0.0270. The van der Waals surface area contributed by atoms with Gasteiger partial charge in [0.25, 0.3) is 0 Å². The quantitative estimate of drug-likeness (QED) is 0.229. The van der Waals surface area contributed by atoms with Crippen LogP contribution in [0.5, 0.6) is 0 Å². The molecule has 2 aliphatic rings. The van der Waals surface area contributed by atoms with Crippen LogP contribution < -0.4 is 0 Å². The predicted octanol–water partition coefficient (Wildman–Crippen LogP) is 8.76. The van der Waals surface area contributed by atoms with Crippen molar-refractivity contribution in [2.24, 2.45) is 0 Å². The topological polar surface area (TPSA) is 83.1 Å². The highest BCUT2D eigenvalue weighted by Crippen LogP contribution is 2.37. The van der Waals surface area contributed by atoms with Crippen molar-refractivity contribution >= 4 is 46.4 Å². The van der Waals surface area contributed by atoms with E-state index in [1.54, 1.807) is 0 Å². The number of fused-ring (bicyclic) bond motifs is 8. The molecule has 8 rings (SSSR count). The Morgan fingerprint density at radius 1 is 0.512 bits per heavy atom. The molecule has 0 atom stereocenters. The zero-order chi connectivity index (χ0) is 28.8. The van der Waals surface area contributed by atoms with Gasteiger partial charge in [-0.1, -0.05) is 29.8 Å². The van der Waals surface area contributed by atoms with Crippen molar-refractivity contribution in [2.45, 2.75) is 6.92 Å². The van der Waals surface area contributed by atoms with Crippen LogP contribution in [0.3, 0.4) is 0 Å². The van der Waals surface area contributed by atoms with Gasteiger partial charge in [0, 0.05) is 58.0 Å². The number of hydrogen-bond donors (Lipinski definition) is 2. The Kier molecular flexibility index (Phi) is 5.90. The van der Waals surface area contributed by atoms with Crippen LogP contribution in [0.2, 0.25) is 0 Å². The largest absolute Gasteiger partial charge is 0.355 e. The Morgan fingerprint density at radius 2 is 1.12 bits per heavy atom. The van der Waals surface area contributed by atoms with Gasteiger partial charge in [-0.3, -0.25) is 9.97 Å². The lowest BCUT2D eigenvalue weighted by Gasteiger charge is -2.07. The lowest BCUT2D eigenvalue weighted by Crippen LogP contribution is -1.88. The minimum absolute atomic E-state index is 0.870. The van der Waals surface area contributed by atoms with Gasteiger partial charge in [-0.15, -0.1) is 0 Å². The number of nitrogens with zero attached hydrogens (tertiary/aromatic N) is 4. The molecule has 0 aliphatic carbocycles. The second kappa shape index (κ2) is 10.2. The van der Waals surface area contributed by atoms with E-state index in [4.69, 9.17) is 9.97 Å². The monoisotopic (exact) mass is 554 g/mol. The van der Waals surface area contributed by atoms with Gasteiger partial charge in [0.1, 0.15) is 0 Å². The van der Waals surface area contributed by atoms with Gasteiger partial charge in [-0.05, 0) is 103 Å². The van der Waals surface area contributed by atoms with E-state index in [-0.39, 0.29) is 0 Å². The van der Waals surface area contributed by atoms with E-state index in [0.717, 1.165) is 78.2 Å². The van der Waals surface area contributed by atoms with Crippen molar-refractivity contribution in [3.63, 3.8) is 0 Å². The number of rotatable bonds is 3. The molecule has 7 heterocycles. The molecule has 0 amide bonds. The molecule has 0 saturated heterocycles. The predicted molar refractivity (Wildman–Crippen MR) is 175 cm³/mol. The highest BCUT2D eigenvalue weighted by atomic mass is 14.8. The molecule has 6 heteroatoms. The highest BCUT2D eigenvalue weighted by Gasteiger charge is 2.16. The summed E-state index contributed by atoms with van der Waals surface area (Å²) in [7, 11) is 0. The van der Waals surface area contributed by atoms with Crippen LogP contribution in [0, 0.1) is 6.92 Å². The van der Waals surface area contributed by atoms with Gasteiger partial charge in [0.2, 0.25) is 0 Å². The average Bonchev–Trinajstić information content (AvgIpc) is 3.85. The number of benzene rings is 1. The lowest BCUT2D eigenvalue weighted by molar-refractivity contribution is 1.30. The summed E-state index contributed by atoms with van der Waals surface area (Å²) in [5, 5.41) is 0. The molecule has 6 aromatic rings. The van der Waals surface area contributed by atoms with Crippen molar-refractivity contribution in [1.29, 1.82) is 0 Å². The standard InChI is InChI=1S/C37H26N6/c1-23-2-4-24(5-3-23)31-22-30-21-29-7-10-33(41-29)35(25-12-16-38-17-13-25)32-9-6-27(40-32)20-28-8-11-34(42-28)36(37(31)43-30)26-14-18-39-19-15-26/h2-22,40,43H,1H3. The molecule has 0 fully saturated rings. The number of pyridine rings is 2. The summed E-state index contributed by atoms with van der Waals surface area (Å²) in [6, 6.07) is 27.3. The fourth-order valence-corrected chi connectivity index (χ4v) is 5.77. The van der Waals surface area contributed by atoms with Crippen LogP contribution in [0.25, 0.3) is 79.8 Å². The van der Waals surface area contributed by atoms with Crippen molar-refractivity contribution < 1.29 is 0 Å². The molecule has 1 aromatic carbocycles. The minimum atomic E-state index is 0.870. The highest BCUT2D eigenvalue weighted by molar-refractivity contribution is 6.00. The van der Waals surface area contributed by atoms with Crippen LogP contribution in [-0.2, 0) is 0 Å². The van der Waals surface area contributed by atoms with E-state index in [1.807, 2.05) is 49.1 Å². The first kappa shape index (κ1) is 24.9. The maximum atomic E-state index is 5.11. The number of H-pyrrole nitrogens is 2. The molecule has 0 spiro atoms. The van der Waals surface area contributed by atoms with Crippen molar-refractivity contribution in [2.75, 3.05) is 0 Å². The van der Waals surface area contributed by atoms with Gasteiger partial charge < -0.3 is 9.97 Å². The first-order valence-corrected chi connectivity index (χ1v) is 14.2. The first-order valence-electron chi connectivity index (χ1n) is 14.2. The maximum absolute atomic E-state index is 5.11. The van der Waals surface area contributed by atoms with Crippen LogP contribution >= 0.6 is 0 Å². The number of aryl methyl sites for hydroxylation is 1. The Morgan fingerprint density at radius 3 is 1.79 bits per heavy atom. The Bertz CT molecular complexity index is 2220. The van der Waals surface area contributed by atoms with Gasteiger partial charge in [0.05, 0.1) is 28.3 Å². The minimum Gasteiger partial charge on any atom is -0.355 e. The summed E-state index contributed by atoms with van der Waals surface area (Å²) in [6.45, 7) is 2.11. The van der Waals surface area contributed by atoms with Crippen LogP contribution in [0.4, 0.5) is 0 Å². The number of aromatic amines is 2. The smallest absolute Gasteiger partial charge is 0.0737 e. The van der Waals surface area contributed by atoms with Crippen molar-refractivity contribution in [3.05, 3.63) is 132 Å². The molecule has 2 N–H and O–H groups in total. The Hall–Kier alpha value is -5.88. The average molecular weight is 555 g/mol. The van der Waals surface area contributed by atoms with Gasteiger partial charge in [-0.2, -0.15) is 0 Å². The van der Waals surface area contributed by atoms with Gasteiger partial charge in [-0.25, -0.2) is 9.97 Å². The molecule has 204 valence electrons. The lowest BCUT2D eigenvalue weighted by atomic mass is 9.99. The second-order valence-corrected chi connectivity index (χ2v) is 10.7. The maximum Gasteiger partial charge on any atom is 0.0737 e. The van der Waals surface area contributed by atoms with Crippen LogP contribution in [0.15, 0.2) is 104 Å². The molecule has 0 saturated carbocycles.